The minimum Gasteiger partial charge on any atom is -0.319 e. The van der Waals surface area contributed by atoms with Gasteiger partial charge in [-0.25, -0.2) is 9.37 Å². The number of nitrogens with zero attached hydrogens (tertiary/aromatic N) is 4. The number of fused-ring (bicyclic) bond motifs is 1. The lowest BCUT2D eigenvalue weighted by molar-refractivity contribution is -0.117. The largest absolute Gasteiger partial charge is 0.319 e. The summed E-state index contributed by atoms with van der Waals surface area (Å²) < 4.78 is 17.5. The first-order valence-corrected chi connectivity index (χ1v) is 12.5. The molecule has 2 N–H and O–H groups in total. The zero-order chi connectivity index (χ0) is 26.8. The molecule has 0 spiro atoms. The van der Waals surface area contributed by atoms with Gasteiger partial charge in [0.1, 0.15) is 17.7 Å². The van der Waals surface area contributed by atoms with Crippen molar-refractivity contribution in [3.63, 3.8) is 0 Å². The van der Waals surface area contributed by atoms with Gasteiger partial charge in [0.2, 0.25) is 5.91 Å². The number of pyridine rings is 1. The molecule has 194 valence electrons. The summed E-state index contributed by atoms with van der Waals surface area (Å²) in [6.07, 6.45) is 9.57. The van der Waals surface area contributed by atoms with Gasteiger partial charge in [0.05, 0.1) is 30.7 Å². The van der Waals surface area contributed by atoms with Crippen LogP contribution in [-0.2, 0) is 17.8 Å². The highest BCUT2D eigenvalue weighted by Gasteiger charge is 2.21. The predicted octanol–water partition coefficient (Wildman–Crippen LogP) is 3.91. The second kappa shape index (κ2) is 10.5. The van der Waals surface area contributed by atoms with Crippen molar-refractivity contribution in [2.45, 2.75) is 39.0 Å². The summed E-state index contributed by atoms with van der Waals surface area (Å²) in [6, 6.07) is 10.9. The number of allylic oxidation sites excluding steroid dienone is 1. The lowest BCUT2D eigenvalue weighted by atomic mass is 10.00. The van der Waals surface area contributed by atoms with Crippen molar-refractivity contribution in [3.05, 3.63) is 100.0 Å². The maximum atomic E-state index is 14.0. The number of aromatic nitrogens is 4. The first kappa shape index (κ1) is 25.3. The standard InChI is InChI=1S/C29H29FN6O2/c1-18-16-35(26-10-9-22(30)12-24(18)26)23-11-20(13-32-14-23)17-36-27(21-7-5-4-6-8-21)33-15-25(29(36)38)34-28(37)19(2)31-3/h4-11,13-16,19,22,31H,12,17H2,1-3H3,(H,34,37)/t19-,22?/m0/s1. The second-order valence-electron chi connectivity index (χ2n) is 9.43. The van der Waals surface area contributed by atoms with Crippen LogP contribution in [0.15, 0.2) is 72.1 Å². The molecule has 4 aromatic rings. The maximum Gasteiger partial charge on any atom is 0.277 e. The molecule has 3 heterocycles. The van der Waals surface area contributed by atoms with Crippen molar-refractivity contribution in [3.8, 4) is 17.1 Å². The molecule has 0 aliphatic heterocycles. The fraction of sp³-hybridized carbons (Fsp3) is 0.241. The fourth-order valence-electron chi connectivity index (χ4n) is 4.60. The van der Waals surface area contributed by atoms with E-state index in [1.165, 1.54) is 6.20 Å². The number of halogens is 1. The van der Waals surface area contributed by atoms with E-state index in [-0.39, 0.29) is 23.7 Å². The number of rotatable bonds is 7. The molecule has 2 atom stereocenters. The molecule has 8 nitrogen and oxygen atoms in total. The van der Waals surface area contributed by atoms with E-state index < -0.39 is 12.2 Å². The number of carbonyl (C=O) groups excluding carboxylic acids is 1. The van der Waals surface area contributed by atoms with Gasteiger partial charge >= 0.3 is 0 Å². The van der Waals surface area contributed by atoms with Crippen molar-refractivity contribution in [2.24, 2.45) is 0 Å². The number of anilines is 1. The number of amides is 1. The molecule has 0 saturated heterocycles. The molecule has 1 amide bonds. The quantitative estimate of drug-likeness (QED) is 0.392. The normalized spacial score (nSPS) is 15.2. The van der Waals surface area contributed by atoms with Gasteiger partial charge in [-0.3, -0.25) is 19.1 Å². The van der Waals surface area contributed by atoms with Gasteiger partial charge in [-0.1, -0.05) is 30.3 Å². The van der Waals surface area contributed by atoms with E-state index >= 15 is 0 Å². The van der Waals surface area contributed by atoms with Gasteiger partial charge in [-0.05, 0) is 55.8 Å². The van der Waals surface area contributed by atoms with Crippen LogP contribution in [0.3, 0.4) is 0 Å². The zero-order valence-corrected chi connectivity index (χ0v) is 21.5. The van der Waals surface area contributed by atoms with Crippen molar-refractivity contribution in [1.82, 2.24) is 24.4 Å². The molecule has 0 saturated carbocycles. The molecule has 1 aromatic carbocycles. The van der Waals surface area contributed by atoms with Crippen LogP contribution in [0.1, 0.15) is 29.3 Å². The average Bonchev–Trinajstić information content (AvgIpc) is 3.26. The molecule has 0 fully saturated rings. The van der Waals surface area contributed by atoms with Crippen LogP contribution in [0.4, 0.5) is 10.1 Å². The Bertz CT molecular complexity index is 1570. The molecule has 5 rings (SSSR count). The fourth-order valence-corrected chi connectivity index (χ4v) is 4.60. The summed E-state index contributed by atoms with van der Waals surface area (Å²) in [5.41, 5.74) is 5.02. The van der Waals surface area contributed by atoms with Gasteiger partial charge in [-0.2, -0.15) is 0 Å². The first-order valence-electron chi connectivity index (χ1n) is 12.5. The van der Waals surface area contributed by atoms with Crippen LogP contribution in [0.2, 0.25) is 0 Å². The molecular weight excluding hydrogens is 483 g/mol. The Balaban J connectivity index is 1.55. The summed E-state index contributed by atoms with van der Waals surface area (Å²) in [5.74, 6) is 0.150. The SMILES string of the molecule is CN[C@@H](C)C(=O)Nc1cnc(-c2ccccc2)n(Cc2cncc(-n3cc(C)c4c3C=CC(F)C4)c2)c1=O. The van der Waals surface area contributed by atoms with Crippen LogP contribution in [0, 0.1) is 6.92 Å². The van der Waals surface area contributed by atoms with Gasteiger partial charge in [0.25, 0.3) is 5.56 Å². The van der Waals surface area contributed by atoms with Crippen molar-refractivity contribution < 1.29 is 9.18 Å². The molecule has 38 heavy (non-hydrogen) atoms. The molecule has 0 radical (unpaired) electrons. The van der Waals surface area contributed by atoms with Gasteiger partial charge in [-0.15, -0.1) is 0 Å². The van der Waals surface area contributed by atoms with Crippen molar-refractivity contribution >= 4 is 17.7 Å². The van der Waals surface area contributed by atoms with Crippen molar-refractivity contribution in [1.29, 1.82) is 0 Å². The van der Waals surface area contributed by atoms with Crippen LogP contribution >= 0.6 is 0 Å². The summed E-state index contributed by atoms with van der Waals surface area (Å²) >= 11 is 0. The Morgan fingerprint density at radius 2 is 2.00 bits per heavy atom. The van der Waals surface area contributed by atoms with E-state index in [4.69, 9.17) is 0 Å². The van der Waals surface area contributed by atoms with Gasteiger partial charge in [0, 0.05) is 30.1 Å². The molecule has 3 aromatic heterocycles. The number of hydrogen-bond donors (Lipinski definition) is 2. The van der Waals surface area contributed by atoms with Crippen LogP contribution in [-0.4, -0.2) is 44.3 Å². The van der Waals surface area contributed by atoms with E-state index in [1.807, 2.05) is 60.2 Å². The van der Waals surface area contributed by atoms with E-state index in [9.17, 15) is 14.0 Å². The lowest BCUT2D eigenvalue weighted by Gasteiger charge is -2.17. The highest BCUT2D eigenvalue weighted by Crippen LogP contribution is 2.29. The molecule has 9 heteroatoms. The van der Waals surface area contributed by atoms with Crippen LogP contribution in [0.5, 0.6) is 0 Å². The minimum absolute atomic E-state index is 0.0990. The summed E-state index contributed by atoms with van der Waals surface area (Å²) in [5, 5.41) is 5.55. The summed E-state index contributed by atoms with van der Waals surface area (Å²) in [6.45, 7) is 3.87. The van der Waals surface area contributed by atoms with Crippen LogP contribution in [0.25, 0.3) is 23.2 Å². The second-order valence-corrected chi connectivity index (χ2v) is 9.43. The third kappa shape index (κ3) is 4.92. The zero-order valence-electron chi connectivity index (χ0n) is 21.5. The van der Waals surface area contributed by atoms with Gasteiger partial charge < -0.3 is 15.2 Å². The van der Waals surface area contributed by atoms with E-state index in [0.717, 1.165) is 33.6 Å². The Morgan fingerprint density at radius 1 is 1.21 bits per heavy atom. The average molecular weight is 513 g/mol. The molecule has 1 unspecified atom stereocenters. The van der Waals surface area contributed by atoms with Crippen molar-refractivity contribution in [2.75, 3.05) is 12.4 Å². The number of nitrogens with one attached hydrogen (secondary N) is 2. The molecule has 1 aliphatic rings. The van der Waals surface area contributed by atoms with Gasteiger partial charge in [0.15, 0.2) is 0 Å². The number of hydrogen-bond acceptors (Lipinski definition) is 5. The highest BCUT2D eigenvalue weighted by molar-refractivity contribution is 5.94. The topological polar surface area (TPSA) is 93.8 Å². The number of alkyl halides is 1. The Labute approximate surface area is 219 Å². The third-order valence-corrected chi connectivity index (χ3v) is 6.79. The highest BCUT2D eigenvalue weighted by atomic mass is 19.1. The number of benzene rings is 1. The Morgan fingerprint density at radius 3 is 2.76 bits per heavy atom. The Kier molecular flexibility index (Phi) is 7.02. The number of likely N-dealkylation sites (N-methyl/N-ethyl adjacent to an activating group) is 1. The lowest BCUT2D eigenvalue weighted by Crippen LogP contribution is -2.38. The van der Waals surface area contributed by atoms with E-state index in [0.29, 0.717) is 12.2 Å². The predicted molar refractivity (Wildman–Crippen MR) is 146 cm³/mol. The van der Waals surface area contributed by atoms with E-state index in [2.05, 4.69) is 20.6 Å². The number of aryl methyl sites for hydroxylation is 1. The monoisotopic (exact) mass is 512 g/mol. The smallest absolute Gasteiger partial charge is 0.277 e. The minimum atomic E-state index is -0.985. The Hall–Kier alpha value is -4.37. The van der Waals surface area contributed by atoms with Crippen LogP contribution < -0.4 is 16.2 Å². The molecule has 0 bridgehead atoms. The summed E-state index contributed by atoms with van der Waals surface area (Å²) in [4.78, 5) is 35.1. The third-order valence-electron chi connectivity index (χ3n) is 6.79. The first-order chi connectivity index (χ1) is 18.4. The van der Waals surface area contributed by atoms with E-state index in [1.54, 1.807) is 37.0 Å². The number of carbonyl (C=O) groups is 1. The summed E-state index contributed by atoms with van der Waals surface area (Å²) in [7, 11) is 1.67. The molecule has 1 aliphatic carbocycles. The maximum absolute atomic E-state index is 14.0. The molecular formula is C29H29FN6O2.